The number of aliphatic imine (C=N–C) groups is 1. The Labute approximate surface area is 197 Å². The molecule has 166 valence electrons. The van der Waals surface area contributed by atoms with E-state index in [-0.39, 0.29) is 24.0 Å². The van der Waals surface area contributed by atoms with Crippen molar-refractivity contribution in [3.05, 3.63) is 58.7 Å². The first-order valence-corrected chi connectivity index (χ1v) is 9.94. The second-order valence-corrected chi connectivity index (χ2v) is 6.79. The lowest BCUT2D eigenvalue weighted by Crippen LogP contribution is -2.36. The number of hydrogen-bond acceptors (Lipinski definition) is 4. The second kappa shape index (κ2) is 14.1. The molecule has 30 heavy (non-hydrogen) atoms. The standard InChI is InChI=1S/C23H33N3O3.HI/c1-6-28-9-10-29-22-13-17(2)7-8-20(22)16-26-23(24-4)25-15-19-11-18(3)12-21(14-19)27-5;/h7-8,11-14H,6,9-10,15-16H2,1-5H3,(H2,24,25,26);1H. The van der Waals surface area contributed by atoms with Gasteiger partial charge in [0, 0.05) is 32.3 Å². The summed E-state index contributed by atoms with van der Waals surface area (Å²) < 4.78 is 16.6. The normalized spacial score (nSPS) is 10.9. The van der Waals surface area contributed by atoms with Crippen LogP contribution in [-0.2, 0) is 17.8 Å². The van der Waals surface area contributed by atoms with Crippen molar-refractivity contribution >= 4 is 29.9 Å². The van der Waals surface area contributed by atoms with Gasteiger partial charge in [-0.2, -0.15) is 0 Å². The highest BCUT2D eigenvalue weighted by Gasteiger charge is 2.07. The predicted molar refractivity (Wildman–Crippen MR) is 133 cm³/mol. The lowest BCUT2D eigenvalue weighted by Gasteiger charge is -2.16. The van der Waals surface area contributed by atoms with E-state index in [0.29, 0.717) is 32.9 Å². The summed E-state index contributed by atoms with van der Waals surface area (Å²) in [5.41, 5.74) is 4.54. The SMILES string of the molecule is CCOCCOc1cc(C)ccc1CNC(=NC)NCc1cc(C)cc(OC)c1.I. The third kappa shape index (κ3) is 8.79. The number of benzene rings is 2. The lowest BCUT2D eigenvalue weighted by molar-refractivity contribution is 0.110. The summed E-state index contributed by atoms with van der Waals surface area (Å²) in [6, 6.07) is 12.4. The minimum Gasteiger partial charge on any atom is -0.497 e. The molecular weight excluding hydrogens is 493 g/mol. The Morgan fingerprint density at radius 1 is 0.967 bits per heavy atom. The first kappa shape index (κ1) is 26.0. The van der Waals surface area contributed by atoms with Crippen LogP contribution in [0.25, 0.3) is 0 Å². The highest BCUT2D eigenvalue weighted by Crippen LogP contribution is 2.20. The van der Waals surface area contributed by atoms with E-state index < -0.39 is 0 Å². The summed E-state index contributed by atoms with van der Waals surface area (Å²) in [6.07, 6.45) is 0. The quantitative estimate of drug-likeness (QED) is 0.210. The maximum Gasteiger partial charge on any atom is 0.191 e. The van der Waals surface area contributed by atoms with Crippen LogP contribution in [0.2, 0.25) is 0 Å². The average molecular weight is 527 g/mol. The van der Waals surface area contributed by atoms with Crippen molar-refractivity contribution in [2.45, 2.75) is 33.9 Å². The zero-order valence-electron chi connectivity index (χ0n) is 18.6. The zero-order valence-corrected chi connectivity index (χ0v) is 20.9. The summed E-state index contributed by atoms with van der Waals surface area (Å²) >= 11 is 0. The van der Waals surface area contributed by atoms with Gasteiger partial charge in [0.05, 0.1) is 13.7 Å². The average Bonchev–Trinajstić information content (AvgIpc) is 2.72. The molecule has 7 heteroatoms. The molecule has 0 heterocycles. The molecule has 0 aromatic heterocycles. The highest BCUT2D eigenvalue weighted by molar-refractivity contribution is 14.0. The van der Waals surface area contributed by atoms with Crippen LogP contribution in [0.15, 0.2) is 41.4 Å². The first-order chi connectivity index (χ1) is 14.0. The third-order valence-electron chi connectivity index (χ3n) is 4.39. The Morgan fingerprint density at radius 2 is 1.73 bits per heavy atom. The molecule has 0 unspecified atom stereocenters. The first-order valence-electron chi connectivity index (χ1n) is 9.94. The van der Waals surface area contributed by atoms with Crippen molar-refractivity contribution in [1.29, 1.82) is 0 Å². The van der Waals surface area contributed by atoms with Gasteiger partial charge in [-0.3, -0.25) is 4.99 Å². The molecule has 2 N–H and O–H groups in total. The van der Waals surface area contributed by atoms with Crippen molar-refractivity contribution < 1.29 is 14.2 Å². The molecule has 0 bridgehead atoms. The molecule has 0 aliphatic carbocycles. The summed E-state index contributed by atoms with van der Waals surface area (Å²) in [7, 11) is 3.45. The number of guanidine groups is 1. The Bertz CT molecular complexity index is 812. The molecule has 0 aliphatic rings. The monoisotopic (exact) mass is 527 g/mol. The zero-order chi connectivity index (χ0) is 21.1. The van der Waals surface area contributed by atoms with Crippen LogP contribution in [0.4, 0.5) is 0 Å². The molecular formula is C23H34IN3O3. The van der Waals surface area contributed by atoms with Gasteiger partial charge >= 0.3 is 0 Å². The molecule has 0 spiro atoms. The van der Waals surface area contributed by atoms with E-state index in [2.05, 4.69) is 53.7 Å². The third-order valence-corrected chi connectivity index (χ3v) is 4.39. The Kier molecular flexibility index (Phi) is 12.2. The van der Waals surface area contributed by atoms with Crippen molar-refractivity contribution in [3.63, 3.8) is 0 Å². The van der Waals surface area contributed by atoms with Gasteiger partial charge in [-0.15, -0.1) is 24.0 Å². The number of ether oxygens (including phenoxy) is 3. The molecule has 0 atom stereocenters. The van der Waals surface area contributed by atoms with Gasteiger partial charge in [-0.1, -0.05) is 18.2 Å². The van der Waals surface area contributed by atoms with Crippen LogP contribution in [-0.4, -0.2) is 39.9 Å². The van der Waals surface area contributed by atoms with Crippen LogP contribution in [0, 0.1) is 13.8 Å². The molecule has 2 aromatic rings. The Balaban J connectivity index is 0.00000450. The molecule has 0 saturated heterocycles. The van der Waals surface area contributed by atoms with Gasteiger partial charge in [0.25, 0.3) is 0 Å². The van der Waals surface area contributed by atoms with E-state index in [9.17, 15) is 0 Å². The van der Waals surface area contributed by atoms with Crippen LogP contribution in [0.3, 0.4) is 0 Å². The van der Waals surface area contributed by atoms with E-state index in [0.717, 1.165) is 39.7 Å². The predicted octanol–water partition coefficient (Wildman–Crippen LogP) is 4.21. The Hall–Kier alpha value is -2.00. The van der Waals surface area contributed by atoms with Crippen molar-refractivity contribution in [2.75, 3.05) is 34.0 Å². The van der Waals surface area contributed by atoms with Crippen LogP contribution < -0.4 is 20.1 Å². The van der Waals surface area contributed by atoms with Gasteiger partial charge in [-0.05, 0) is 55.7 Å². The fourth-order valence-corrected chi connectivity index (χ4v) is 2.93. The molecule has 0 fully saturated rings. The van der Waals surface area contributed by atoms with Gasteiger partial charge in [0.1, 0.15) is 18.1 Å². The van der Waals surface area contributed by atoms with Crippen LogP contribution in [0.1, 0.15) is 29.2 Å². The number of nitrogens with zero attached hydrogens (tertiary/aromatic N) is 1. The molecule has 6 nitrogen and oxygen atoms in total. The number of methoxy groups -OCH3 is 1. The molecule has 0 aliphatic heterocycles. The fourth-order valence-electron chi connectivity index (χ4n) is 2.93. The van der Waals surface area contributed by atoms with Gasteiger partial charge in [0.15, 0.2) is 5.96 Å². The molecule has 2 rings (SSSR count). The van der Waals surface area contributed by atoms with Crippen LogP contribution >= 0.6 is 24.0 Å². The largest absolute Gasteiger partial charge is 0.497 e. The van der Waals surface area contributed by atoms with Crippen molar-refractivity contribution in [2.24, 2.45) is 4.99 Å². The van der Waals surface area contributed by atoms with Gasteiger partial charge < -0.3 is 24.8 Å². The number of halogens is 1. The molecule has 0 radical (unpaired) electrons. The minimum atomic E-state index is 0. The maximum atomic E-state index is 5.91. The molecule has 0 amide bonds. The summed E-state index contributed by atoms with van der Waals surface area (Å²) in [6.45, 7) is 9.18. The number of rotatable bonds is 10. The minimum absolute atomic E-state index is 0. The van der Waals surface area contributed by atoms with E-state index in [1.165, 1.54) is 0 Å². The molecule has 2 aromatic carbocycles. The smallest absolute Gasteiger partial charge is 0.191 e. The van der Waals surface area contributed by atoms with Crippen LogP contribution in [0.5, 0.6) is 11.5 Å². The van der Waals surface area contributed by atoms with E-state index >= 15 is 0 Å². The van der Waals surface area contributed by atoms with Gasteiger partial charge in [-0.25, -0.2) is 0 Å². The lowest BCUT2D eigenvalue weighted by atomic mass is 10.1. The summed E-state index contributed by atoms with van der Waals surface area (Å²) in [5.74, 6) is 2.46. The Morgan fingerprint density at radius 3 is 2.43 bits per heavy atom. The second-order valence-electron chi connectivity index (χ2n) is 6.79. The highest BCUT2D eigenvalue weighted by atomic mass is 127. The van der Waals surface area contributed by atoms with Gasteiger partial charge in [0.2, 0.25) is 0 Å². The van der Waals surface area contributed by atoms with E-state index in [1.807, 2.05) is 19.1 Å². The summed E-state index contributed by atoms with van der Waals surface area (Å²) in [4.78, 5) is 4.32. The molecule has 0 saturated carbocycles. The number of nitrogens with one attached hydrogen (secondary N) is 2. The fraction of sp³-hybridized carbons (Fsp3) is 0.435. The number of hydrogen-bond donors (Lipinski definition) is 2. The van der Waals surface area contributed by atoms with E-state index in [4.69, 9.17) is 14.2 Å². The maximum absolute atomic E-state index is 5.91. The number of aryl methyl sites for hydroxylation is 2. The van der Waals surface area contributed by atoms with Crippen molar-refractivity contribution in [3.8, 4) is 11.5 Å². The topological polar surface area (TPSA) is 64.1 Å². The summed E-state index contributed by atoms with van der Waals surface area (Å²) in [5, 5.41) is 6.70. The van der Waals surface area contributed by atoms with E-state index in [1.54, 1.807) is 14.2 Å². The van der Waals surface area contributed by atoms with Crippen molar-refractivity contribution in [1.82, 2.24) is 10.6 Å².